The molecule has 0 radical (unpaired) electrons. The quantitative estimate of drug-likeness (QED) is 0.413. The van der Waals surface area contributed by atoms with Crippen molar-refractivity contribution in [3.63, 3.8) is 0 Å². The molecule has 70 valence electrons. The smallest absolute Gasteiger partial charge is 0.338 e. The molecular formula is C8H8I2O2Si. The summed E-state index contributed by atoms with van der Waals surface area (Å²) in [4.78, 5) is 11.4. The van der Waals surface area contributed by atoms with E-state index in [1.807, 2.05) is 12.1 Å². The summed E-state index contributed by atoms with van der Waals surface area (Å²) < 4.78 is 7.04. The van der Waals surface area contributed by atoms with Crippen LogP contribution in [0.3, 0.4) is 0 Å². The second-order valence-corrected chi connectivity index (χ2v) is 5.14. The standard InChI is InChI=1S/C8H8I2O2Si/c9-6-3-1-2-5(7(6)10)8(11)12-4-13/h1-3H,4H2,13H3. The minimum Gasteiger partial charge on any atom is -0.467 e. The zero-order valence-electron chi connectivity index (χ0n) is 7.01. The summed E-state index contributed by atoms with van der Waals surface area (Å²) in [5.74, 6) is -0.210. The normalized spacial score (nSPS) is 10.0. The number of hydrogen-bond acceptors (Lipinski definition) is 2. The molecule has 0 saturated heterocycles. The van der Waals surface area contributed by atoms with Crippen LogP contribution in [0.1, 0.15) is 10.4 Å². The van der Waals surface area contributed by atoms with E-state index in [2.05, 4.69) is 45.2 Å². The highest BCUT2D eigenvalue weighted by molar-refractivity contribution is 14.1. The van der Waals surface area contributed by atoms with E-state index in [0.717, 1.165) is 17.4 Å². The molecule has 0 bridgehead atoms. The lowest BCUT2D eigenvalue weighted by atomic mass is 10.2. The zero-order valence-corrected chi connectivity index (χ0v) is 13.3. The second-order valence-electron chi connectivity index (χ2n) is 2.32. The van der Waals surface area contributed by atoms with Crippen molar-refractivity contribution in [1.29, 1.82) is 0 Å². The summed E-state index contributed by atoms with van der Waals surface area (Å²) in [7, 11) is 0.887. The molecule has 13 heavy (non-hydrogen) atoms. The maximum Gasteiger partial charge on any atom is 0.338 e. The molecule has 0 atom stereocenters. The van der Waals surface area contributed by atoms with Crippen molar-refractivity contribution in [1.82, 2.24) is 0 Å². The Morgan fingerprint density at radius 2 is 2.15 bits per heavy atom. The van der Waals surface area contributed by atoms with Crippen LogP contribution in [0, 0.1) is 7.14 Å². The number of esters is 1. The Bertz CT molecular complexity index is 328. The van der Waals surface area contributed by atoms with Crippen LogP contribution in [0.5, 0.6) is 0 Å². The van der Waals surface area contributed by atoms with Crippen LogP contribution in [0.2, 0.25) is 0 Å². The third kappa shape index (κ3) is 2.91. The van der Waals surface area contributed by atoms with E-state index in [9.17, 15) is 4.79 Å². The van der Waals surface area contributed by atoms with Crippen molar-refractivity contribution in [2.24, 2.45) is 0 Å². The maximum absolute atomic E-state index is 11.4. The van der Waals surface area contributed by atoms with Gasteiger partial charge in [0.25, 0.3) is 0 Å². The lowest BCUT2D eigenvalue weighted by Crippen LogP contribution is -2.08. The largest absolute Gasteiger partial charge is 0.467 e. The van der Waals surface area contributed by atoms with E-state index in [0.29, 0.717) is 11.8 Å². The third-order valence-corrected chi connectivity index (χ3v) is 4.83. The number of hydrogen-bond donors (Lipinski definition) is 0. The first kappa shape index (κ1) is 11.4. The molecule has 5 heteroatoms. The fraction of sp³-hybridized carbons (Fsp3) is 0.125. The number of rotatable bonds is 2. The van der Waals surface area contributed by atoms with Crippen molar-refractivity contribution in [2.45, 2.75) is 0 Å². The highest BCUT2D eigenvalue weighted by atomic mass is 127. The van der Waals surface area contributed by atoms with Crippen LogP contribution >= 0.6 is 45.2 Å². The monoisotopic (exact) mass is 418 g/mol. The van der Waals surface area contributed by atoms with E-state index in [4.69, 9.17) is 4.74 Å². The molecule has 0 unspecified atom stereocenters. The molecule has 0 aliphatic carbocycles. The van der Waals surface area contributed by atoms with E-state index in [1.165, 1.54) is 0 Å². The van der Waals surface area contributed by atoms with Crippen molar-refractivity contribution >= 4 is 61.4 Å². The van der Waals surface area contributed by atoms with Crippen LogP contribution in [0.15, 0.2) is 18.2 Å². The summed E-state index contributed by atoms with van der Waals surface area (Å²) >= 11 is 4.37. The summed E-state index contributed by atoms with van der Waals surface area (Å²) in [5, 5.41) is 0. The Morgan fingerprint density at radius 3 is 2.77 bits per heavy atom. The molecule has 0 amide bonds. The molecular weight excluding hydrogens is 410 g/mol. The van der Waals surface area contributed by atoms with E-state index in [-0.39, 0.29) is 5.97 Å². The number of carbonyl (C=O) groups is 1. The van der Waals surface area contributed by atoms with Gasteiger partial charge in [-0.1, -0.05) is 6.07 Å². The molecule has 2 nitrogen and oxygen atoms in total. The van der Waals surface area contributed by atoms with Gasteiger partial charge in [-0.2, -0.15) is 0 Å². The van der Waals surface area contributed by atoms with Crippen molar-refractivity contribution in [2.75, 3.05) is 6.23 Å². The van der Waals surface area contributed by atoms with Gasteiger partial charge in [0, 0.05) is 7.14 Å². The van der Waals surface area contributed by atoms with Crippen LogP contribution in [0.25, 0.3) is 0 Å². The summed E-state index contributed by atoms with van der Waals surface area (Å²) in [5.41, 5.74) is 0.670. The van der Waals surface area contributed by atoms with Gasteiger partial charge in [-0.3, -0.25) is 0 Å². The first-order valence-electron chi connectivity index (χ1n) is 3.78. The van der Waals surface area contributed by atoms with Gasteiger partial charge < -0.3 is 4.74 Å². The first-order valence-corrected chi connectivity index (χ1v) is 7.35. The van der Waals surface area contributed by atoms with Gasteiger partial charge >= 0.3 is 5.97 Å². The average molecular weight is 418 g/mol. The van der Waals surface area contributed by atoms with Gasteiger partial charge in [-0.15, -0.1) is 0 Å². The number of benzene rings is 1. The molecule has 0 aliphatic heterocycles. The highest BCUT2D eigenvalue weighted by Gasteiger charge is 2.11. The van der Waals surface area contributed by atoms with Crippen LogP contribution in [-0.2, 0) is 4.74 Å². The van der Waals surface area contributed by atoms with Gasteiger partial charge in [-0.25, -0.2) is 4.79 Å². The van der Waals surface area contributed by atoms with Gasteiger partial charge in [0.2, 0.25) is 0 Å². The van der Waals surface area contributed by atoms with Crippen LogP contribution in [0.4, 0.5) is 0 Å². The topological polar surface area (TPSA) is 26.3 Å². The maximum atomic E-state index is 11.4. The molecule has 0 spiro atoms. The molecule has 1 aromatic carbocycles. The van der Waals surface area contributed by atoms with Gasteiger partial charge in [0.1, 0.15) is 0 Å². The highest BCUT2D eigenvalue weighted by Crippen LogP contribution is 2.19. The number of carbonyl (C=O) groups excluding carboxylic acids is 1. The van der Waals surface area contributed by atoms with E-state index in [1.54, 1.807) is 6.07 Å². The molecule has 0 aliphatic rings. The van der Waals surface area contributed by atoms with E-state index < -0.39 is 0 Å². The van der Waals surface area contributed by atoms with Crippen molar-refractivity contribution < 1.29 is 9.53 Å². The first-order chi connectivity index (χ1) is 6.16. The molecule has 1 aromatic rings. The molecule has 0 aromatic heterocycles. The van der Waals surface area contributed by atoms with Gasteiger partial charge in [0.15, 0.2) is 0 Å². The molecule has 0 saturated carbocycles. The minimum absolute atomic E-state index is 0.210. The zero-order chi connectivity index (χ0) is 9.84. The molecule has 0 fully saturated rings. The second kappa shape index (κ2) is 5.30. The molecule has 1 rings (SSSR count). The predicted octanol–water partition coefficient (Wildman–Crippen LogP) is 1.38. The Hall–Kier alpha value is 0.367. The molecule has 0 N–H and O–H groups in total. The Labute approximate surface area is 107 Å². The SMILES string of the molecule is O=C(OC[SiH3])c1cccc(I)c1I. The summed E-state index contributed by atoms with van der Waals surface area (Å²) in [6, 6.07) is 5.64. The van der Waals surface area contributed by atoms with Gasteiger partial charge in [-0.05, 0) is 57.3 Å². The third-order valence-electron chi connectivity index (χ3n) is 1.45. The Morgan fingerprint density at radius 1 is 1.46 bits per heavy atom. The molecule has 0 heterocycles. The van der Waals surface area contributed by atoms with Crippen LogP contribution < -0.4 is 0 Å². The van der Waals surface area contributed by atoms with E-state index >= 15 is 0 Å². The lowest BCUT2D eigenvalue weighted by Gasteiger charge is -2.04. The summed E-state index contributed by atoms with van der Waals surface area (Å²) in [6.45, 7) is 0. The Balaban J connectivity index is 3.01. The Kier molecular flexibility index (Phi) is 4.66. The number of halogens is 2. The number of ether oxygens (including phenoxy) is 1. The average Bonchev–Trinajstić information content (AvgIpc) is 2.10. The van der Waals surface area contributed by atoms with Crippen molar-refractivity contribution in [3.8, 4) is 0 Å². The van der Waals surface area contributed by atoms with Crippen LogP contribution in [-0.4, -0.2) is 22.4 Å². The predicted molar refractivity (Wildman–Crippen MR) is 72.1 cm³/mol. The summed E-state index contributed by atoms with van der Waals surface area (Å²) in [6.07, 6.45) is 0.556. The fourth-order valence-corrected chi connectivity index (χ4v) is 2.21. The fourth-order valence-electron chi connectivity index (χ4n) is 0.870. The van der Waals surface area contributed by atoms with Gasteiger partial charge in [0.05, 0.1) is 22.0 Å². The van der Waals surface area contributed by atoms with Crippen molar-refractivity contribution in [3.05, 3.63) is 30.9 Å². The lowest BCUT2D eigenvalue weighted by molar-refractivity contribution is 0.0572. The minimum atomic E-state index is -0.210.